The quantitative estimate of drug-likeness (QED) is 0.477. The fraction of sp³-hybridized carbons (Fsp3) is 0.750. The van der Waals surface area contributed by atoms with Gasteiger partial charge in [-0.1, -0.05) is 0 Å². The minimum atomic E-state index is -0.787. The summed E-state index contributed by atoms with van der Waals surface area (Å²) in [6.07, 6.45) is 0. The number of hydrogen-bond donors (Lipinski definition) is 1. The van der Waals surface area contributed by atoms with Gasteiger partial charge >= 0.3 is 5.97 Å². The number of aliphatic carboxylic acids is 1. The van der Waals surface area contributed by atoms with E-state index in [2.05, 4.69) is 0 Å². The zero-order chi connectivity index (χ0) is 5.86. The molecule has 0 saturated carbocycles. The Morgan fingerprint density at radius 1 is 1.71 bits per heavy atom. The number of carboxylic acids is 1. The van der Waals surface area contributed by atoms with Crippen LogP contribution < -0.4 is 4.90 Å². The van der Waals surface area contributed by atoms with Crippen LogP contribution in [0.3, 0.4) is 0 Å². The second-order valence-electron chi connectivity index (χ2n) is 1.63. The van der Waals surface area contributed by atoms with Crippen molar-refractivity contribution in [1.82, 2.24) is 4.90 Å². The van der Waals surface area contributed by atoms with Crippen LogP contribution in [0.4, 0.5) is 0 Å². The summed E-state index contributed by atoms with van der Waals surface area (Å²) < 4.78 is 0. The lowest BCUT2D eigenvalue weighted by molar-refractivity contribution is -0.136. The fourth-order valence-electron chi connectivity index (χ4n) is 0.271. The van der Waals surface area contributed by atoms with Gasteiger partial charge in [-0.15, -0.1) is 0 Å². The summed E-state index contributed by atoms with van der Waals surface area (Å²) in [6.45, 7) is 0.111. The molecule has 0 heterocycles. The number of hydrogen-bond acceptors (Lipinski definition) is 2. The van der Waals surface area contributed by atoms with Crippen molar-refractivity contribution in [3.8, 4) is 0 Å². The molecule has 0 amide bonds. The molecule has 3 heteroatoms. The number of rotatable bonds is 2. The van der Waals surface area contributed by atoms with Crippen molar-refractivity contribution < 1.29 is 9.90 Å². The van der Waals surface area contributed by atoms with Crippen LogP contribution in [0.15, 0.2) is 0 Å². The standard InChI is InChI=1S/C4H9NO2/c1-5(2)3-4(6)7/h3H2,1-2H3,(H,6,7)/q+1. The number of carboxylic acid groups (broad SMARTS) is 1. The lowest BCUT2D eigenvalue weighted by atomic mass is 10.6. The van der Waals surface area contributed by atoms with E-state index in [9.17, 15) is 4.79 Å². The highest BCUT2D eigenvalue weighted by molar-refractivity contribution is 5.69. The first-order valence-electron chi connectivity index (χ1n) is 1.99. The summed E-state index contributed by atoms with van der Waals surface area (Å²) in [4.78, 5) is 11.4. The van der Waals surface area contributed by atoms with Crippen LogP contribution in [0.2, 0.25) is 0 Å². The van der Waals surface area contributed by atoms with Gasteiger partial charge in [0.15, 0.2) is 0 Å². The van der Waals surface area contributed by atoms with E-state index in [1.807, 2.05) is 0 Å². The van der Waals surface area contributed by atoms with Gasteiger partial charge in [-0.2, -0.15) is 4.90 Å². The van der Waals surface area contributed by atoms with Gasteiger partial charge in [0.1, 0.15) is 14.1 Å². The van der Waals surface area contributed by atoms with E-state index in [1.54, 1.807) is 19.0 Å². The van der Waals surface area contributed by atoms with E-state index >= 15 is 0 Å². The van der Waals surface area contributed by atoms with Gasteiger partial charge in [0.2, 0.25) is 6.54 Å². The summed E-state index contributed by atoms with van der Waals surface area (Å²) >= 11 is 0. The first-order chi connectivity index (χ1) is 3.13. The van der Waals surface area contributed by atoms with E-state index in [1.165, 1.54) is 0 Å². The van der Waals surface area contributed by atoms with Crippen LogP contribution in [0, 0.1) is 0 Å². The molecule has 0 atom stereocenters. The number of carbonyl (C=O) groups is 1. The first kappa shape index (κ1) is 6.43. The molecule has 0 aliphatic rings. The van der Waals surface area contributed by atoms with Gasteiger partial charge < -0.3 is 5.11 Å². The van der Waals surface area contributed by atoms with Gasteiger partial charge in [0.05, 0.1) is 0 Å². The summed E-state index contributed by atoms with van der Waals surface area (Å²) in [7, 11) is 3.43. The molecular weight excluding hydrogens is 94.0 g/mol. The number of nitrogens with zero attached hydrogens (tertiary/aromatic N) is 1. The van der Waals surface area contributed by atoms with E-state index in [0.29, 0.717) is 0 Å². The molecule has 0 bridgehead atoms. The zero-order valence-corrected chi connectivity index (χ0v) is 4.51. The monoisotopic (exact) mass is 103 g/mol. The fourth-order valence-corrected chi connectivity index (χ4v) is 0.271. The predicted molar refractivity (Wildman–Crippen MR) is 26.5 cm³/mol. The van der Waals surface area contributed by atoms with Crippen molar-refractivity contribution in [3.05, 3.63) is 0 Å². The molecule has 1 radical (unpaired) electrons. The Morgan fingerprint density at radius 3 is 2.14 bits per heavy atom. The maximum absolute atomic E-state index is 9.77. The van der Waals surface area contributed by atoms with Gasteiger partial charge in [-0.25, -0.2) is 4.79 Å². The van der Waals surface area contributed by atoms with Crippen molar-refractivity contribution >= 4 is 5.97 Å². The molecule has 0 aromatic carbocycles. The van der Waals surface area contributed by atoms with E-state index in [0.717, 1.165) is 0 Å². The van der Waals surface area contributed by atoms with E-state index < -0.39 is 5.97 Å². The van der Waals surface area contributed by atoms with Crippen LogP contribution in [-0.2, 0) is 4.79 Å². The molecule has 41 valence electrons. The van der Waals surface area contributed by atoms with Gasteiger partial charge in [0.25, 0.3) is 0 Å². The molecule has 0 unspecified atom stereocenters. The molecule has 0 spiro atoms. The van der Waals surface area contributed by atoms with Crippen LogP contribution in [-0.4, -0.2) is 31.7 Å². The SMILES string of the molecule is C[N+](C)CC(=O)O. The topological polar surface area (TPSA) is 43.2 Å². The third kappa shape index (κ3) is 5.43. The van der Waals surface area contributed by atoms with E-state index in [4.69, 9.17) is 5.11 Å². The highest BCUT2D eigenvalue weighted by Gasteiger charge is 2.04. The highest BCUT2D eigenvalue weighted by Crippen LogP contribution is 1.65. The Bertz CT molecular complexity index is 70.1. The van der Waals surface area contributed by atoms with Gasteiger partial charge in [0, 0.05) is 0 Å². The maximum Gasteiger partial charge on any atom is 0.364 e. The third-order valence-electron chi connectivity index (χ3n) is 0.451. The zero-order valence-electron chi connectivity index (χ0n) is 4.51. The Labute approximate surface area is 42.5 Å². The minimum Gasteiger partial charge on any atom is -0.477 e. The first-order valence-corrected chi connectivity index (χ1v) is 1.99. The Balaban J connectivity index is 3.13. The highest BCUT2D eigenvalue weighted by atomic mass is 16.4. The van der Waals surface area contributed by atoms with Crippen molar-refractivity contribution in [2.75, 3.05) is 20.6 Å². The average Bonchev–Trinajstić information content (AvgIpc) is 1.27. The van der Waals surface area contributed by atoms with Crippen LogP contribution >= 0.6 is 0 Å². The summed E-state index contributed by atoms with van der Waals surface area (Å²) in [5.41, 5.74) is 0. The lowest BCUT2D eigenvalue weighted by Gasteiger charge is -1.90. The maximum atomic E-state index is 9.77. The number of likely N-dealkylation sites (N-methyl/N-ethyl adjacent to an activating group) is 1. The van der Waals surface area contributed by atoms with Crippen LogP contribution in [0.25, 0.3) is 0 Å². The molecule has 3 nitrogen and oxygen atoms in total. The molecule has 0 aliphatic heterocycles. The second kappa shape index (κ2) is 2.58. The third-order valence-corrected chi connectivity index (χ3v) is 0.451. The van der Waals surface area contributed by atoms with Crippen molar-refractivity contribution in [3.63, 3.8) is 0 Å². The normalized spacial score (nSPS) is 9.57. The summed E-state index contributed by atoms with van der Waals surface area (Å²) in [6, 6.07) is 0. The lowest BCUT2D eigenvalue weighted by Crippen LogP contribution is -2.26. The smallest absolute Gasteiger partial charge is 0.364 e. The molecule has 0 saturated heterocycles. The molecule has 0 aromatic heterocycles. The predicted octanol–water partition coefficient (Wildman–Crippen LogP) is -0.529. The van der Waals surface area contributed by atoms with E-state index in [-0.39, 0.29) is 6.54 Å². The van der Waals surface area contributed by atoms with Crippen molar-refractivity contribution in [2.45, 2.75) is 0 Å². The summed E-state index contributed by atoms with van der Waals surface area (Å²) in [5.74, 6) is -0.787. The molecule has 0 fully saturated rings. The van der Waals surface area contributed by atoms with Crippen molar-refractivity contribution in [2.24, 2.45) is 0 Å². The Morgan fingerprint density at radius 2 is 2.14 bits per heavy atom. The Kier molecular flexibility index (Phi) is 2.37. The Hall–Kier alpha value is -0.570. The second-order valence-corrected chi connectivity index (χ2v) is 1.63. The largest absolute Gasteiger partial charge is 0.477 e. The molecule has 7 heavy (non-hydrogen) atoms. The summed E-state index contributed by atoms with van der Waals surface area (Å²) in [5, 5.41) is 8.04. The van der Waals surface area contributed by atoms with Crippen LogP contribution in [0.1, 0.15) is 0 Å². The van der Waals surface area contributed by atoms with Gasteiger partial charge in [-0.05, 0) is 0 Å². The minimum absolute atomic E-state index is 0.111. The molecule has 0 rings (SSSR count). The average molecular weight is 103 g/mol. The molecule has 0 aromatic rings. The van der Waals surface area contributed by atoms with Crippen LogP contribution in [0.5, 0.6) is 0 Å². The van der Waals surface area contributed by atoms with Gasteiger partial charge in [-0.3, -0.25) is 0 Å². The molecule has 1 N–H and O–H groups in total. The molecule has 0 aliphatic carbocycles. The van der Waals surface area contributed by atoms with Crippen molar-refractivity contribution in [1.29, 1.82) is 0 Å². The molecular formula is C4H9NO2+.